The maximum atomic E-state index is 13.9. The summed E-state index contributed by atoms with van der Waals surface area (Å²) in [6, 6.07) is 7.02. The Balaban J connectivity index is 2.28. The van der Waals surface area contributed by atoms with Crippen LogP contribution in [0.1, 0.15) is 15.9 Å². The molecule has 3 aromatic rings. The minimum atomic E-state index is -4.58. The third-order valence-corrected chi connectivity index (χ3v) is 3.50. The van der Waals surface area contributed by atoms with E-state index in [1.54, 1.807) is 0 Å². The second-order valence-electron chi connectivity index (χ2n) is 4.95. The SMILES string of the molecule is COC(=O)c1cc2c(cnn2-c2ccccc2C(F)(F)F)cc1F. The van der Waals surface area contributed by atoms with Crippen LogP contribution in [0.3, 0.4) is 0 Å². The molecule has 0 atom stereocenters. The van der Waals surface area contributed by atoms with Crippen LogP contribution in [0.4, 0.5) is 17.6 Å². The Hall–Kier alpha value is -2.90. The Labute approximate surface area is 133 Å². The predicted molar refractivity (Wildman–Crippen MR) is 77.4 cm³/mol. The van der Waals surface area contributed by atoms with Crippen LogP contribution < -0.4 is 0 Å². The van der Waals surface area contributed by atoms with Crippen LogP contribution in [0.15, 0.2) is 42.6 Å². The molecule has 0 aliphatic heterocycles. The molecule has 0 saturated carbocycles. The Morgan fingerprint density at radius 3 is 2.58 bits per heavy atom. The molecule has 0 unspecified atom stereocenters. The molecule has 0 amide bonds. The van der Waals surface area contributed by atoms with Gasteiger partial charge in [-0.15, -0.1) is 0 Å². The molecule has 0 spiro atoms. The highest BCUT2D eigenvalue weighted by molar-refractivity contribution is 5.95. The molecule has 8 heteroatoms. The monoisotopic (exact) mass is 338 g/mol. The van der Waals surface area contributed by atoms with Gasteiger partial charge in [-0.25, -0.2) is 13.9 Å². The first-order valence-electron chi connectivity index (χ1n) is 6.75. The zero-order valence-corrected chi connectivity index (χ0v) is 12.3. The normalized spacial score (nSPS) is 11.7. The van der Waals surface area contributed by atoms with Crippen molar-refractivity contribution in [3.63, 3.8) is 0 Å². The van der Waals surface area contributed by atoms with E-state index in [1.807, 2.05) is 0 Å². The maximum absolute atomic E-state index is 13.9. The standard InChI is InChI=1S/C16H10F4N2O2/c1-24-15(23)10-7-14-9(6-12(10)17)8-21-22(14)13-5-3-2-4-11(13)16(18,19)20/h2-8H,1H3. The number of hydrogen-bond acceptors (Lipinski definition) is 3. The first-order chi connectivity index (χ1) is 11.3. The number of ether oxygens (including phenoxy) is 1. The topological polar surface area (TPSA) is 44.1 Å². The number of aromatic nitrogens is 2. The molecule has 1 aromatic heterocycles. The Morgan fingerprint density at radius 1 is 1.21 bits per heavy atom. The van der Waals surface area contributed by atoms with Gasteiger partial charge in [0, 0.05) is 5.39 Å². The summed E-state index contributed by atoms with van der Waals surface area (Å²) in [6.45, 7) is 0. The number of esters is 1. The summed E-state index contributed by atoms with van der Waals surface area (Å²) in [5.74, 6) is -1.76. The molecule has 0 saturated heterocycles. The molecule has 1 heterocycles. The fourth-order valence-corrected chi connectivity index (χ4v) is 2.40. The summed E-state index contributed by atoms with van der Waals surface area (Å²) >= 11 is 0. The minimum Gasteiger partial charge on any atom is -0.465 e. The average molecular weight is 338 g/mol. The molecule has 3 rings (SSSR count). The zero-order chi connectivity index (χ0) is 17.5. The Morgan fingerprint density at radius 2 is 1.92 bits per heavy atom. The van der Waals surface area contributed by atoms with Gasteiger partial charge >= 0.3 is 12.1 Å². The highest BCUT2D eigenvalue weighted by Gasteiger charge is 2.34. The van der Waals surface area contributed by atoms with Crippen LogP contribution in [0.2, 0.25) is 0 Å². The van der Waals surface area contributed by atoms with Gasteiger partial charge in [0.05, 0.1) is 35.6 Å². The summed E-state index contributed by atoms with van der Waals surface area (Å²) in [5.41, 5.74) is -1.33. The molecule has 0 fully saturated rings. The lowest BCUT2D eigenvalue weighted by Gasteiger charge is -2.13. The second kappa shape index (κ2) is 5.63. The molecule has 2 aromatic carbocycles. The number of alkyl halides is 3. The van der Waals surface area contributed by atoms with Crippen molar-refractivity contribution in [2.45, 2.75) is 6.18 Å². The van der Waals surface area contributed by atoms with Crippen molar-refractivity contribution in [2.75, 3.05) is 7.11 Å². The lowest BCUT2D eigenvalue weighted by atomic mass is 10.1. The molecule has 0 aliphatic carbocycles. The van der Waals surface area contributed by atoms with Crippen molar-refractivity contribution < 1.29 is 27.1 Å². The highest BCUT2D eigenvalue weighted by Crippen LogP contribution is 2.34. The van der Waals surface area contributed by atoms with Crippen LogP contribution in [0, 0.1) is 5.82 Å². The van der Waals surface area contributed by atoms with Gasteiger partial charge in [0.1, 0.15) is 5.82 Å². The largest absolute Gasteiger partial charge is 0.465 e. The number of carbonyl (C=O) groups is 1. The fourth-order valence-electron chi connectivity index (χ4n) is 2.40. The van der Waals surface area contributed by atoms with E-state index >= 15 is 0 Å². The van der Waals surface area contributed by atoms with Gasteiger partial charge in [0.2, 0.25) is 0 Å². The molecule has 4 nitrogen and oxygen atoms in total. The van der Waals surface area contributed by atoms with Gasteiger partial charge < -0.3 is 4.74 Å². The number of methoxy groups -OCH3 is 1. The molecule has 0 N–H and O–H groups in total. The smallest absolute Gasteiger partial charge is 0.418 e. The van der Waals surface area contributed by atoms with Gasteiger partial charge in [-0.05, 0) is 24.3 Å². The molecular formula is C16H10F4N2O2. The van der Waals surface area contributed by atoms with Crippen molar-refractivity contribution >= 4 is 16.9 Å². The molecular weight excluding hydrogens is 328 g/mol. The summed E-state index contributed by atoms with van der Waals surface area (Å²) < 4.78 is 59.0. The maximum Gasteiger partial charge on any atom is 0.418 e. The van der Waals surface area contributed by atoms with Gasteiger partial charge in [-0.2, -0.15) is 18.3 Å². The van der Waals surface area contributed by atoms with E-state index in [-0.39, 0.29) is 22.2 Å². The van der Waals surface area contributed by atoms with Crippen molar-refractivity contribution in [2.24, 2.45) is 0 Å². The molecule has 0 aliphatic rings. The van der Waals surface area contributed by atoms with Crippen molar-refractivity contribution in [1.29, 1.82) is 0 Å². The van der Waals surface area contributed by atoms with Crippen molar-refractivity contribution in [3.05, 3.63) is 59.5 Å². The van der Waals surface area contributed by atoms with Gasteiger partial charge in [-0.1, -0.05) is 12.1 Å². The third kappa shape index (κ3) is 2.60. The second-order valence-corrected chi connectivity index (χ2v) is 4.95. The summed E-state index contributed by atoms with van der Waals surface area (Å²) in [5, 5.41) is 4.17. The van der Waals surface area contributed by atoms with E-state index in [2.05, 4.69) is 9.84 Å². The van der Waals surface area contributed by atoms with Crippen LogP contribution in [-0.4, -0.2) is 22.9 Å². The van der Waals surface area contributed by atoms with Gasteiger partial charge in [-0.3, -0.25) is 0 Å². The van der Waals surface area contributed by atoms with E-state index in [0.717, 1.165) is 30.0 Å². The van der Waals surface area contributed by atoms with E-state index in [4.69, 9.17) is 0 Å². The number of benzene rings is 2. The van der Waals surface area contributed by atoms with Crippen LogP contribution in [0.5, 0.6) is 0 Å². The minimum absolute atomic E-state index is 0.161. The number of halogens is 4. The van der Waals surface area contributed by atoms with Crippen molar-refractivity contribution in [1.82, 2.24) is 9.78 Å². The van der Waals surface area contributed by atoms with Crippen LogP contribution in [0.25, 0.3) is 16.6 Å². The lowest BCUT2D eigenvalue weighted by Crippen LogP contribution is -2.11. The summed E-state index contributed by atoms with van der Waals surface area (Å²) in [6.07, 6.45) is -3.35. The third-order valence-electron chi connectivity index (χ3n) is 3.50. The van der Waals surface area contributed by atoms with Crippen LogP contribution >= 0.6 is 0 Å². The van der Waals surface area contributed by atoms with E-state index in [1.165, 1.54) is 24.4 Å². The number of hydrogen-bond donors (Lipinski definition) is 0. The Kier molecular flexibility index (Phi) is 3.75. The number of carbonyl (C=O) groups excluding carboxylic acids is 1. The summed E-state index contributed by atoms with van der Waals surface area (Å²) in [4.78, 5) is 11.6. The first-order valence-corrected chi connectivity index (χ1v) is 6.75. The number of nitrogens with zero attached hydrogens (tertiary/aromatic N) is 2. The quantitative estimate of drug-likeness (QED) is 0.525. The lowest BCUT2D eigenvalue weighted by molar-refractivity contribution is -0.137. The van der Waals surface area contributed by atoms with Crippen molar-refractivity contribution in [3.8, 4) is 5.69 Å². The predicted octanol–water partition coefficient (Wildman–Crippen LogP) is 3.97. The highest BCUT2D eigenvalue weighted by atomic mass is 19.4. The Bertz CT molecular complexity index is 931. The number of rotatable bonds is 2. The fraction of sp³-hybridized carbons (Fsp3) is 0.125. The van der Waals surface area contributed by atoms with Crippen LogP contribution in [-0.2, 0) is 10.9 Å². The van der Waals surface area contributed by atoms with Gasteiger partial charge in [0.15, 0.2) is 0 Å². The van der Waals surface area contributed by atoms with E-state index in [9.17, 15) is 22.4 Å². The zero-order valence-electron chi connectivity index (χ0n) is 12.3. The van der Waals surface area contributed by atoms with Gasteiger partial charge in [0.25, 0.3) is 0 Å². The molecule has 124 valence electrons. The molecule has 0 radical (unpaired) electrons. The molecule has 0 bridgehead atoms. The number of fused-ring (bicyclic) bond motifs is 1. The summed E-state index contributed by atoms with van der Waals surface area (Å²) in [7, 11) is 1.09. The first kappa shape index (κ1) is 16.0. The average Bonchev–Trinajstić information content (AvgIpc) is 2.95. The number of para-hydroxylation sites is 1. The molecule has 24 heavy (non-hydrogen) atoms. The van der Waals surface area contributed by atoms with E-state index in [0.29, 0.717) is 0 Å². The van der Waals surface area contributed by atoms with E-state index < -0.39 is 23.5 Å².